The summed E-state index contributed by atoms with van der Waals surface area (Å²) in [6.45, 7) is 18.6. The largest absolute Gasteiger partial charge is 0.488 e. The highest BCUT2D eigenvalue weighted by molar-refractivity contribution is 5.92. The zero-order valence-electron chi connectivity index (χ0n) is 27.1. The van der Waals surface area contributed by atoms with E-state index in [1.54, 1.807) is 75.6 Å². The van der Waals surface area contributed by atoms with Gasteiger partial charge in [-0.25, -0.2) is 14.4 Å². The van der Waals surface area contributed by atoms with Gasteiger partial charge in [0, 0.05) is 31.6 Å². The minimum Gasteiger partial charge on any atom is -0.488 e. The molecule has 0 N–H and O–H groups in total. The molecule has 0 aromatic heterocycles. The summed E-state index contributed by atoms with van der Waals surface area (Å²) in [5.41, 5.74) is 0.463. The van der Waals surface area contributed by atoms with E-state index in [4.69, 9.17) is 23.7 Å². The molecule has 3 aromatic rings. The van der Waals surface area contributed by atoms with Gasteiger partial charge in [-0.2, -0.15) is 0 Å². The summed E-state index contributed by atoms with van der Waals surface area (Å²) in [5, 5.41) is 0. The summed E-state index contributed by atoms with van der Waals surface area (Å²) in [7, 11) is 1.67. The van der Waals surface area contributed by atoms with Gasteiger partial charge in [0.2, 0.25) is 0 Å². The molecule has 0 saturated heterocycles. The lowest BCUT2D eigenvalue weighted by Gasteiger charge is -2.34. The summed E-state index contributed by atoms with van der Waals surface area (Å²) >= 11 is 0. The number of carbonyl (C=O) groups excluding carboxylic acids is 3. The van der Waals surface area contributed by atoms with Crippen LogP contribution in [-0.4, -0.2) is 41.8 Å². The van der Waals surface area contributed by atoms with Gasteiger partial charge in [-0.05, 0) is 102 Å². The van der Waals surface area contributed by atoms with Crippen molar-refractivity contribution < 1.29 is 38.1 Å². The summed E-state index contributed by atoms with van der Waals surface area (Å²) in [6, 6.07) is 18.4. The molecule has 0 amide bonds. The molecule has 0 unspecified atom stereocenters. The number of esters is 3. The molecule has 238 valence electrons. The Morgan fingerprint density at radius 1 is 0.711 bits per heavy atom. The maximum absolute atomic E-state index is 12.9. The van der Waals surface area contributed by atoms with Crippen LogP contribution in [0.2, 0.25) is 0 Å². The number of methoxy groups -OCH3 is 1. The molecular weight excluding hydrogens is 572 g/mol. The van der Waals surface area contributed by atoms with E-state index >= 15 is 0 Å². The van der Waals surface area contributed by atoms with Crippen molar-refractivity contribution >= 4 is 24.0 Å². The van der Waals surface area contributed by atoms with E-state index in [9.17, 15) is 14.4 Å². The van der Waals surface area contributed by atoms with Crippen LogP contribution in [0.25, 0.3) is 6.08 Å². The average Bonchev–Trinajstić information content (AvgIpc) is 2.97. The van der Waals surface area contributed by atoms with E-state index in [0.717, 1.165) is 11.6 Å². The minimum atomic E-state index is -0.775. The normalized spacial score (nSPS) is 11.7. The molecule has 8 heteroatoms. The van der Waals surface area contributed by atoms with Crippen molar-refractivity contribution in [2.24, 2.45) is 0 Å². The molecule has 8 nitrogen and oxygen atoms in total. The van der Waals surface area contributed by atoms with Crippen LogP contribution < -0.4 is 14.2 Å². The summed E-state index contributed by atoms with van der Waals surface area (Å²) in [5.74, 6) is -0.516. The third-order valence-electron chi connectivity index (χ3n) is 6.87. The quantitative estimate of drug-likeness (QED) is 0.103. The van der Waals surface area contributed by atoms with Crippen molar-refractivity contribution in [3.63, 3.8) is 0 Å². The first kappa shape index (κ1) is 34.8. The second kappa shape index (κ2) is 14.4. The van der Waals surface area contributed by atoms with Crippen LogP contribution in [0.4, 0.5) is 0 Å². The number of ether oxygens (including phenoxy) is 5. The Kier molecular flexibility index (Phi) is 11.1. The van der Waals surface area contributed by atoms with E-state index in [-0.39, 0.29) is 17.1 Å². The van der Waals surface area contributed by atoms with Gasteiger partial charge in [0.05, 0.1) is 16.7 Å². The van der Waals surface area contributed by atoms with Crippen LogP contribution in [0.5, 0.6) is 17.2 Å². The van der Waals surface area contributed by atoms with Crippen molar-refractivity contribution in [3.05, 3.63) is 108 Å². The highest BCUT2D eigenvalue weighted by atomic mass is 16.6. The van der Waals surface area contributed by atoms with Gasteiger partial charge in [0.25, 0.3) is 0 Å². The lowest BCUT2D eigenvalue weighted by molar-refractivity contribution is -0.154. The topological polar surface area (TPSA) is 97.4 Å². The zero-order valence-corrected chi connectivity index (χ0v) is 27.1. The van der Waals surface area contributed by atoms with E-state index in [1.165, 1.54) is 6.08 Å². The first-order chi connectivity index (χ1) is 21.0. The zero-order chi connectivity index (χ0) is 33.4. The molecule has 0 fully saturated rings. The molecule has 0 heterocycles. The van der Waals surface area contributed by atoms with Crippen molar-refractivity contribution in [1.29, 1.82) is 0 Å². The van der Waals surface area contributed by atoms with Gasteiger partial charge in [-0.1, -0.05) is 31.4 Å². The average molecular weight is 615 g/mol. The summed E-state index contributed by atoms with van der Waals surface area (Å²) in [4.78, 5) is 37.3. The third kappa shape index (κ3) is 10.5. The molecule has 0 aliphatic carbocycles. The Balaban J connectivity index is 1.62. The number of hydrogen-bond acceptors (Lipinski definition) is 8. The monoisotopic (exact) mass is 614 g/mol. The Labute approximate surface area is 265 Å². The van der Waals surface area contributed by atoms with Crippen LogP contribution in [-0.2, 0) is 20.7 Å². The standard InChI is InChI=1S/C37H42O8/c1-10-26-22-30(42-33(39)27-14-12-25(13-15-27)23-35(3,4)41-9)20-21-31(26)43-34(40)28-16-18-29(19-17-28)44-36(5,6)24-37(7,8)45-32(38)11-2/h10-22H,1-2,23-24H2,3-9H3. The van der Waals surface area contributed by atoms with E-state index < -0.39 is 29.1 Å². The molecule has 0 saturated carbocycles. The molecule has 0 radical (unpaired) electrons. The van der Waals surface area contributed by atoms with Crippen LogP contribution in [0.15, 0.2) is 86.0 Å². The van der Waals surface area contributed by atoms with Crippen molar-refractivity contribution in [1.82, 2.24) is 0 Å². The maximum Gasteiger partial charge on any atom is 0.343 e. The molecule has 3 rings (SSSR count). The SMILES string of the molecule is C=CC(=O)OC(C)(C)CC(C)(C)Oc1ccc(C(=O)Oc2ccc(OC(=O)c3ccc(CC(C)(C)OC)cc3)cc2C=C)cc1. The van der Waals surface area contributed by atoms with Crippen molar-refractivity contribution in [3.8, 4) is 17.2 Å². The van der Waals surface area contributed by atoms with Gasteiger partial charge in [-0.15, -0.1) is 0 Å². The first-order valence-corrected chi connectivity index (χ1v) is 14.5. The first-order valence-electron chi connectivity index (χ1n) is 14.5. The van der Waals surface area contributed by atoms with Gasteiger partial charge in [0.1, 0.15) is 28.5 Å². The Bertz CT molecular complexity index is 1530. The van der Waals surface area contributed by atoms with E-state index in [1.807, 2.05) is 39.8 Å². The Morgan fingerprint density at radius 2 is 1.27 bits per heavy atom. The Morgan fingerprint density at radius 3 is 1.82 bits per heavy atom. The van der Waals surface area contributed by atoms with Crippen molar-refractivity contribution in [2.75, 3.05) is 7.11 Å². The van der Waals surface area contributed by atoms with E-state index in [2.05, 4.69) is 13.2 Å². The predicted molar refractivity (Wildman–Crippen MR) is 174 cm³/mol. The molecule has 0 aliphatic heterocycles. The molecule has 0 atom stereocenters. The number of hydrogen-bond donors (Lipinski definition) is 0. The fourth-order valence-electron chi connectivity index (χ4n) is 4.88. The highest BCUT2D eigenvalue weighted by Gasteiger charge is 2.33. The second-order valence-electron chi connectivity index (χ2n) is 12.5. The van der Waals surface area contributed by atoms with Crippen LogP contribution in [0, 0.1) is 0 Å². The Hall–Kier alpha value is -4.69. The van der Waals surface area contributed by atoms with Gasteiger partial charge >= 0.3 is 17.9 Å². The fourth-order valence-corrected chi connectivity index (χ4v) is 4.88. The smallest absolute Gasteiger partial charge is 0.343 e. The maximum atomic E-state index is 12.9. The molecular formula is C37H42O8. The van der Waals surface area contributed by atoms with Gasteiger partial charge < -0.3 is 23.7 Å². The fraction of sp³-hybridized carbons (Fsp3) is 0.324. The minimum absolute atomic E-state index is 0.262. The van der Waals surface area contributed by atoms with Crippen LogP contribution >= 0.6 is 0 Å². The number of benzene rings is 3. The summed E-state index contributed by atoms with van der Waals surface area (Å²) in [6.07, 6.45) is 3.76. The molecule has 3 aromatic carbocycles. The van der Waals surface area contributed by atoms with E-state index in [0.29, 0.717) is 35.3 Å². The van der Waals surface area contributed by atoms with Gasteiger partial charge in [0.15, 0.2) is 0 Å². The highest BCUT2D eigenvalue weighted by Crippen LogP contribution is 2.30. The number of rotatable bonds is 14. The second-order valence-corrected chi connectivity index (χ2v) is 12.5. The van der Waals surface area contributed by atoms with Crippen LogP contribution in [0.3, 0.4) is 0 Å². The molecule has 0 aliphatic rings. The van der Waals surface area contributed by atoms with Crippen LogP contribution in [0.1, 0.15) is 79.8 Å². The summed E-state index contributed by atoms with van der Waals surface area (Å²) < 4.78 is 28.2. The van der Waals surface area contributed by atoms with Crippen molar-refractivity contribution in [2.45, 2.75) is 71.2 Å². The lowest BCUT2D eigenvalue weighted by Crippen LogP contribution is -2.40. The molecule has 0 spiro atoms. The lowest BCUT2D eigenvalue weighted by atomic mass is 9.92. The molecule has 45 heavy (non-hydrogen) atoms. The molecule has 0 bridgehead atoms. The number of carbonyl (C=O) groups is 3. The third-order valence-corrected chi connectivity index (χ3v) is 6.87. The predicted octanol–water partition coefficient (Wildman–Crippen LogP) is 7.79. The van der Waals surface area contributed by atoms with Gasteiger partial charge in [-0.3, -0.25) is 0 Å².